The molecule has 168 valence electrons. The van der Waals surface area contributed by atoms with Crippen LogP contribution in [0.2, 0.25) is 0 Å². The van der Waals surface area contributed by atoms with Crippen molar-refractivity contribution in [1.82, 2.24) is 0 Å². The summed E-state index contributed by atoms with van der Waals surface area (Å²) in [4.78, 5) is 0. The molecule has 0 aromatic carbocycles. The molecule has 0 spiro atoms. The lowest BCUT2D eigenvalue weighted by molar-refractivity contribution is -0.0491. The van der Waals surface area contributed by atoms with Gasteiger partial charge in [0.05, 0.1) is 0 Å². The van der Waals surface area contributed by atoms with Gasteiger partial charge >= 0.3 is 0 Å². The van der Waals surface area contributed by atoms with Crippen molar-refractivity contribution in [3.8, 4) is 0 Å². The van der Waals surface area contributed by atoms with Crippen LogP contribution >= 0.6 is 0 Å². The highest BCUT2D eigenvalue weighted by Crippen LogP contribution is 2.50. The molecule has 4 saturated carbocycles. The molecule has 29 heavy (non-hydrogen) atoms. The van der Waals surface area contributed by atoms with Crippen LogP contribution in [0.3, 0.4) is 0 Å². The molecule has 0 saturated heterocycles. The van der Waals surface area contributed by atoms with Crippen LogP contribution in [0.4, 0.5) is 13.2 Å². The smallest absolute Gasteiger partial charge is 0.134 e. The molecular weight excluding hydrogens is 369 g/mol. The molecule has 3 heteroatoms. The highest BCUT2D eigenvalue weighted by Gasteiger charge is 2.48. The Balaban J connectivity index is 1.31. The van der Waals surface area contributed by atoms with Crippen LogP contribution in [0.5, 0.6) is 0 Å². The predicted octanol–water partition coefficient (Wildman–Crippen LogP) is 8.10. The summed E-state index contributed by atoms with van der Waals surface area (Å²) >= 11 is 0. The Hall–Kier alpha value is -0.210. The van der Waals surface area contributed by atoms with E-state index in [1.165, 1.54) is 38.5 Å². The molecular formula is C26H43F3. The van der Waals surface area contributed by atoms with Gasteiger partial charge in [0.1, 0.15) is 18.5 Å². The summed E-state index contributed by atoms with van der Waals surface area (Å²) in [6.07, 6.45) is 9.70. The van der Waals surface area contributed by atoms with Gasteiger partial charge in [-0.1, -0.05) is 39.5 Å². The predicted molar refractivity (Wildman–Crippen MR) is 114 cm³/mol. The molecule has 0 amide bonds. The van der Waals surface area contributed by atoms with E-state index in [0.29, 0.717) is 18.3 Å². The van der Waals surface area contributed by atoms with Crippen LogP contribution in [0.1, 0.15) is 97.3 Å². The van der Waals surface area contributed by atoms with E-state index in [4.69, 9.17) is 0 Å². The number of alkyl halides is 3. The fraction of sp³-hybridized carbons (Fsp3) is 1.00. The van der Waals surface area contributed by atoms with Gasteiger partial charge in [-0.25, -0.2) is 13.2 Å². The molecule has 0 bridgehead atoms. The highest BCUT2D eigenvalue weighted by atomic mass is 19.2. The van der Waals surface area contributed by atoms with Gasteiger partial charge in [0, 0.05) is 0 Å². The lowest BCUT2D eigenvalue weighted by Gasteiger charge is -2.46. The summed E-state index contributed by atoms with van der Waals surface area (Å²) in [5.74, 6) is 2.34. The second-order valence-corrected chi connectivity index (χ2v) is 11.6. The van der Waals surface area contributed by atoms with Crippen LogP contribution in [0.25, 0.3) is 0 Å². The number of hydrogen-bond acceptors (Lipinski definition) is 0. The first-order valence-electron chi connectivity index (χ1n) is 12.9. The topological polar surface area (TPSA) is 0 Å². The standard InChI is InChI=1S/C26H43F3/c1-16-3-7-18(8-4-16)21-12-11-20(15-24(21)27)23-14-13-22(25(28)26(23)29)19-9-5-17(2)6-10-19/h16-26H,3-15H2,1-2H3. The minimum absolute atomic E-state index is 0.0596. The van der Waals surface area contributed by atoms with Gasteiger partial charge in [0.15, 0.2) is 0 Å². The maximum absolute atomic E-state index is 15.2. The molecule has 4 aliphatic rings. The second-order valence-electron chi connectivity index (χ2n) is 11.6. The Labute approximate surface area is 176 Å². The van der Waals surface area contributed by atoms with Gasteiger partial charge in [-0.2, -0.15) is 0 Å². The molecule has 0 nitrogen and oxygen atoms in total. The highest BCUT2D eigenvalue weighted by molar-refractivity contribution is 4.97. The van der Waals surface area contributed by atoms with Crippen LogP contribution < -0.4 is 0 Å². The van der Waals surface area contributed by atoms with E-state index in [1.807, 2.05) is 0 Å². The van der Waals surface area contributed by atoms with Crippen molar-refractivity contribution >= 4 is 0 Å². The maximum atomic E-state index is 15.2. The molecule has 0 aromatic rings. The van der Waals surface area contributed by atoms with Crippen molar-refractivity contribution in [2.24, 2.45) is 47.3 Å². The Morgan fingerprint density at radius 3 is 1.31 bits per heavy atom. The lowest BCUT2D eigenvalue weighted by Crippen LogP contribution is -2.46. The van der Waals surface area contributed by atoms with Gasteiger partial charge in [-0.3, -0.25) is 0 Å². The second kappa shape index (κ2) is 9.51. The van der Waals surface area contributed by atoms with Crippen LogP contribution in [0.15, 0.2) is 0 Å². The maximum Gasteiger partial charge on any atom is 0.134 e. The quantitative estimate of drug-likeness (QED) is 0.439. The molecule has 7 atom stereocenters. The largest absolute Gasteiger partial charge is 0.247 e. The third kappa shape index (κ3) is 4.84. The molecule has 0 radical (unpaired) electrons. The van der Waals surface area contributed by atoms with Crippen molar-refractivity contribution in [3.05, 3.63) is 0 Å². The normalized spacial score (nSPS) is 52.2. The molecule has 4 rings (SSSR count). The number of hydrogen-bond donors (Lipinski definition) is 0. The van der Waals surface area contributed by atoms with Gasteiger partial charge in [-0.05, 0) is 105 Å². The van der Waals surface area contributed by atoms with Gasteiger partial charge in [0.25, 0.3) is 0 Å². The van der Waals surface area contributed by atoms with Crippen molar-refractivity contribution in [3.63, 3.8) is 0 Å². The molecule has 4 aliphatic carbocycles. The van der Waals surface area contributed by atoms with Crippen molar-refractivity contribution in [1.29, 1.82) is 0 Å². The van der Waals surface area contributed by atoms with E-state index in [2.05, 4.69) is 13.8 Å². The molecule has 0 heterocycles. The van der Waals surface area contributed by atoms with E-state index in [1.54, 1.807) is 0 Å². The SMILES string of the molecule is CC1CCC(C2CCC(C3CCC(C4CCC(C)CC4)C(F)C3F)CC2F)CC1. The number of rotatable bonds is 3. The summed E-state index contributed by atoms with van der Waals surface area (Å²) in [6.45, 7) is 4.58. The summed E-state index contributed by atoms with van der Waals surface area (Å²) in [6, 6.07) is 0. The summed E-state index contributed by atoms with van der Waals surface area (Å²) in [7, 11) is 0. The van der Waals surface area contributed by atoms with Crippen molar-refractivity contribution in [2.75, 3.05) is 0 Å². The first-order valence-corrected chi connectivity index (χ1v) is 12.9. The van der Waals surface area contributed by atoms with Crippen molar-refractivity contribution in [2.45, 2.75) is 116 Å². The van der Waals surface area contributed by atoms with Gasteiger partial charge in [0.2, 0.25) is 0 Å². The molecule has 0 N–H and O–H groups in total. The first-order chi connectivity index (χ1) is 13.9. The summed E-state index contributed by atoms with van der Waals surface area (Å²) in [5, 5.41) is 0. The summed E-state index contributed by atoms with van der Waals surface area (Å²) in [5.41, 5.74) is 0. The molecule has 4 fully saturated rings. The minimum atomic E-state index is -1.36. The number of halogens is 3. The first kappa shape index (κ1) is 22.0. The zero-order valence-electron chi connectivity index (χ0n) is 18.7. The average molecular weight is 413 g/mol. The van der Waals surface area contributed by atoms with Crippen molar-refractivity contribution < 1.29 is 13.2 Å². The fourth-order valence-electron chi connectivity index (χ4n) is 7.68. The Morgan fingerprint density at radius 2 is 0.828 bits per heavy atom. The Morgan fingerprint density at radius 1 is 0.448 bits per heavy atom. The van der Waals surface area contributed by atoms with E-state index < -0.39 is 18.5 Å². The van der Waals surface area contributed by atoms with Crippen LogP contribution in [0, 0.1) is 47.3 Å². The summed E-state index contributed by atoms with van der Waals surface area (Å²) < 4.78 is 45.5. The molecule has 7 unspecified atom stereocenters. The van der Waals surface area contributed by atoms with E-state index in [0.717, 1.165) is 50.4 Å². The van der Waals surface area contributed by atoms with Gasteiger partial charge in [-0.15, -0.1) is 0 Å². The fourth-order valence-corrected chi connectivity index (χ4v) is 7.68. The van der Waals surface area contributed by atoms with E-state index in [-0.39, 0.29) is 23.7 Å². The van der Waals surface area contributed by atoms with Crippen LogP contribution in [-0.4, -0.2) is 18.5 Å². The monoisotopic (exact) mass is 412 g/mol. The van der Waals surface area contributed by atoms with Crippen LogP contribution in [-0.2, 0) is 0 Å². The third-order valence-electron chi connectivity index (χ3n) is 9.76. The average Bonchev–Trinajstić information content (AvgIpc) is 2.72. The zero-order chi connectivity index (χ0) is 20.5. The molecule has 0 aliphatic heterocycles. The minimum Gasteiger partial charge on any atom is -0.247 e. The zero-order valence-corrected chi connectivity index (χ0v) is 18.7. The Bertz CT molecular complexity index is 506. The molecule has 0 aromatic heterocycles. The third-order valence-corrected chi connectivity index (χ3v) is 9.76. The van der Waals surface area contributed by atoms with E-state index in [9.17, 15) is 0 Å². The lowest BCUT2D eigenvalue weighted by atomic mass is 9.61. The van der Waals surface area contributed by atoms with Gasteiger partial charge < -0.3 is 0 Å². The Kier molecular flexibility index (Phi) is 7.22. The van der Waals surface area contributed by atoms with E-state index >= 15 is 13.2 Å².